The molecular weight excluding hydrogens is 366 g/mol. The van der Waals surface area contributed by atoms with Crippen LogP contribution in [0.15, 0.2) is 48.5 Å². The largest absolute Gasteiger partial charge is 0.352 e. The first-order valence-corrected chi connectivity index (χ1v) is 8.53. The molecule has 0 unspecified atom stereocenters. The van der Waals surface area contributed by atoms with E-state index in [9.17, 15) is 14.4 Å². The Morgan fingerprint density at radius 3 is 2.37 bits per heavy atom. The zero-order valence-corrected chi connectivity index (χ0v) is 15.2. The summed E-state index contributed by atoms with van der Waals surface area (Å²) in [6.07, 6.45) is 5.18. The summed E-state index contributed by atoms with van der Waals surface area (Å²) in [4.78, 5) is 36.2. The van der Waals surface area contributed by atoms with Gasteiger partial charge in [-0.05, 0) is 36.4 Å². The molecule has 3 N–H and O–H groups in total. The molecule has 0 aliphatic carbocycles. The Balaban J connectivity index is 1.87. The van der Waals surface area contributed by atoms with Crippen molar-refractivity contribution >= 4 is 35.0 Å². The van der Waals surface area contributed by atoms with Crippen LogP contribution in [0.5, 0.6) is 0 Å². The fraction of sp³-hybridized carbons (Fsp3) is 0.150. The van der Waals surface area contributed by atoms with Crippen molar-refractivity contribution in [1.29, 1.82) is 0 Å². The smallest absolute Gasteiger partial charge is 0.254 e. The van der Waals surface area contributed by atoms with Crippen molar-refractivity contribution in [3.63, 3.8) is 0 Å². The molecule has 3 amide bonds. The molecule has 138 valence electrons. The van der Waals surface area contributed by atoms with Crippen LogP contribution in [-0.2, 0) is 4.79 Å². The van der Waals surface area contributed by atoms with E-state index in [0.717, 1.165) is 0 Å². The fourth-order valence-corrected chi connectivity index (χ4v) is 2.35. The summed E-state index contributed by atoms with van der Waals surface area (Å²) in [5.41, 5.74) is 1.14. The van der Waals surface area contributed by atoms with Crippen molar-refractivity contribution in [2.24, 2.45) is 0 Å². The minimum absolute atomic E-state index is 0.0552. The van der Waals surface area contributed by atoms with E-state index in [1.54, 1.807) is 48.5 Å². The summed E-state index contributed by atoms with van der Waals surface area (Å²) >= 11 is 5.78. The Hall–Kier alpha value is -3.30. The number of hydrogen-bond acceptors (Lipinski definition) is 3. The average molecular weight is 384 g/mol. The third-order valence-electron chi connectivity index (χ3n) is 3.54. The van der Waals surface area contributed by atoms with Gasteiger partial charge in [0.05, 0.1) is 17.8 Å². The number of benzene rings is 2. The highest BCUT2D eigenvalue weighted by Gasteiger charge is 2.13. The normalized spacial score (nSPS) is 9.78. The van der Waals surface area contributed by atoms with Gasteiger partial charge in [0.25, 0.3) is 11.8 Å². The van der Waals surface area contributed by atoms with E-state index >= 15 is 0 Å². The SMILES string of the molecule is C#CCNC(=O)c1ccccc1NC(=O)CCNC(=O)c1ccc(Cl)cc1. The second-order valence-corrected chi connectivity index (χ2v) is 5.93. The highest BCUT2D eigenvalue weighted by Crippen LogP contribution is 2.15. The minimum atomic E-state index is -0.375. The van der Waals surface area contributed by atoms with Crippen molar-refractivity contribution < 1.29 is 14.4 Å². The van der Waals surface area contributed by atoms with Gasteiger partial charge in [-0.3, -0.25) is 14.4 Å². The molecular formula is C20H18ClN3O3. The third-order valence-corrected chi connectivity index (χ3v) is 3.79. The molecule has 2 aromatic carbocycles. The first-order chi connectivity index (χ1) is 13.0. The standard InChI is InChI=1S/C20H18ClN3O3/c1-2-12-22-20(27)16-5-3-4-6-17(16)24-18(25)11-13-23-19(26)14-7-9-15(21)10-8-14/h1,3-10H,11-13H2,(H,22,27)(H,23,26)(H,24,25). The van der Waals surface area contributed by atoms with Crippen LogP contribution in [0.4, 0.5) is 5.69 Å². The lowest BCUT2D eigenvalue weighted by atomic mass is 10.1. The molecule has 0 fully saturated rings. The van der Waals surface area contributed by atoms with Gasteiger partial charge < -0.3 is 16.0 Å². The van der Waals surface area contributed by atoms with Crippen LogP contribution in [0.25, 0.3) is 0 Å². The van der Waals surface area contributed by atoms with Crippen molar-refractivity contribution in [2.45, 2.75) is 6.42 Å². The van der Waals surface area contributed by atoms with Crippen LogP contribution >= 0.6 is 11.6 Å². The molecule has 0 aliphatic rings. The van der Waals surface area contributed by atoms with Crippen LogP contribution in [0, 0.1) is 12.3 Å². The zero-order chi connectivity index (χ0) is 19.6. The first-order valence-electron chi connectivity index (χ1n) is 8.15. The van der Waals surface area contributed by atoms with E-state index < -0.39 is 0 Å². The summed E-state index contributed by atoms with van der Waals surface area (Å²) < 4.78 is 0. The Morgan fingerprint density at radius 2 is 1.67 bits per heavy atom. The molecule has 0 aliphatic heterocycles. The van der Waals surface area contributed by atoms with Crippen LogP contribution in [-0.4, -0.2) is 30.8 Å². The number of amides is 3. The van der Waals surface area contributed by atoms with E-state index in [-0.39, 0.29) is 37.2 Å². The van der Waals surface area contributed by atoms with E-state index in [4.69, 9.17) is 18.0 Å². The number of para-hydroxylation sites is 1. The van der Waals surface area contributed by atoms with Crippen molar-refractivity contribution in [2.75, 3.05) is 18.4 Å². The second kappa shape index (κ2) is 10.00. The summed E-state index contributed by atoms with van der Waals surface area (Å²) in [6, 6.07) is 13.0. The Morgan fingerprint density at radius 1 is 0.963 bits per heavy atom. The van der Waals surface area contributed by atoms with Crippen LogP contribution in [0.3, 0.4) is 0 Å². The number of halogens is 1. The van der Waals surface area contributed by atoms with Gasteiger partial charge in [0, 0.05) is 23.6 Å². The van der Waals surface area contributed by atoms with Crippen molar-refractivity contribution in [1.82, 2.24) is 10.6 Å². The first kappa shape index (κ1) is 20.0. The molecule has 0 radical (unpaired) electrons. The monoisotopic (exact) mass is 383 g/mol. The molecule has 0 bridgehead atoms. The summed E-state index contributed by atoms with van der Waals surface area (Å²) in [5.74, 6) is 1.31. The number of nitrogens with one attached hydrogen (secondary N) is 3. The number of carbonyl (C=O) groups excluding carboxylic acids is 3. The van der Waals surface area contributed by atoms with E-state index in [1.807, 2.05) is 0 Å². The van der Waals surface area contributed by atoms with E-state index in [0.29, 0.717) is 21.8 Å². The van der Waals surface area contributed by atoms with E-state index in [1.165, 1.54) is 0 Å². The zero-order valence-electron chi connectivity index (χ0n) is 14.4. The van der Waals surface area contributed by atoms with Gasteiger partial charge in [-0.15, -0.1) is 6.42 Å². The highest BCUT2D eigenvalue weighted by molar-refractivity contribution is 6.30. The topological polar surface area (TPSA) is 87.3 Å². The maximum absolute atomic E-state index is 12.1. The summed E-state index contributed by atoms with van der Waals surface area (Å²) in [5, 5.41) is 8.41. The molecule has 0 saturated heterocycles. The van der Waals surface area contributed by atoms with Gasteiger partial charge in [0.15, 0.2) is 0 Å². The Bertz CT molecular complexity index is 873. The molecule has 7 heteroatoms. The maximum atomic E-state index is 12.1. The quantitative estimate of drug-likeness (QED) is 0.642. The molecule has 2 aromatic rings. The highest BCUT2D eigenvalue weighted by atomic mass is 35.5. The average Bonchev–Trinajstić information content (AvgIpc) is 2.67. The second-order valence-electron chi connectivity index (χ2n) is 5.49. The summed E-state index contributed by atoms with van der Waals surface area (Å²) in [7, 11) is 0. The molecule has 0 atom stereocenters. The number of anilines is 1. The third kappa shape index (κ3) is 6.17. The van der Waals surface area contributed by atoms with Crippen LogP contribution in [0.2, 0.25) is 5.02 Å². The van der Waals surface area contributed by atoms with Crippen LogP contribution < -0.4 is 16.0 Å². The molecule has 2 rings (SSSR count). The van der Waals surface area contributed by atoms with Gasteiger partial charge in [-0.25, -0.2) is 0 Å². The number of hydrogen-bond donors (Lipinski definition) is 3. The molecule has 0 saturated carbocycles. The molecule has 6 nitrogen and oxygen atoms in total. The maximum Gasteiger partial charge on any atom is 0.254 e. The predicted octanol–water partition coefficient (Wildman–Crippen LogP) is 2.46. The van der Waals surface area contributed by atoms with Crippen molar-refractivity contribution in [3.8, 4) is 12.3 Å². The molecule has 0 aromatic heterocycles. The minimum Gasteiger partial charge on any atom is -0.352 e. The molecule has 27 heavy (non-hydrogen) atoms. The Labute approximate surface area is 162 Å². The van der Waals surface area contributed by atoms with E-state index in [2.05, 4.69) is 21.9 Å². The lowest BCUT2D eigenvalue weighted by Gasteiger charge is -2.11. The number of carbonyl (C=O) groups is 3. The Kier molecular flexibility index (Phi) is 7.41. The molecule has 0 spiro atoms. The number of terminal acetylenes is 1. The van der Waals surface area contributed by atoms with Crippen molar-refractivity contribution in [3.05, 3.63) is 64.7 Å². The summed E-state index contributed by atoms with van der Waals surface area (Å²) in [6.45, 7) is 0.247. The van der Waals surface area contributed by atoms with Gasteiger partial charge in [0.1, 0.15) is 0 Å². The predicted molar refractivity (Wildman–Crippen MR) is 105 cm³/mol. The lowest BCUT2D eigenvalue weighted by molar-refractivity contribution is -0.116. The fourth-order valence-electron chi connectivity index (χ4n) is 2.22. The molecule has 0 heterocycles. The van der Waals surface area contributed by atoms with Gasteiger partial charge in [-0.2, -0.15) is 0 Å². The lowest BCUT2D eigenvalue weighted by Crippen LogP contribution is -2.28. The van der Waals surface area contributed by atoms with Gasteiger partial charge in [-0.1, -0.05) is 29.7 Å². The van der Waals surface area contributed by atoms with Gasteiger partial charge >= 0.3 is 0 Å². The number of rotatable bonds is 7. The van der Waals surface area contributed by atoms with Gasteiger partial charge in [0.2, 0.25) is 5.91 Å². The van der Waals surface area contributed by atoms with Crippen LogP contribution in [0.1, 0.15) is 27.1 Å².